The zero-order chi connectivity index (χ0) is 20.7. The minimum Gasteiger partial charge on any atom is -0.465 e. The summed E-state index contributed by atoms with van der Waals surface area (Å²) in [5.74, 6) is -0.462. The molecule has 152 valence electrons. The number of carboxylic acid groups (broad SMARTS) is 1. The number of rotatable bonds is 3. The van der Waals surface area contributed by atoms with Crippen molar-refractivity contribution in [3.63, 3.8) is 0 Å². The Morgan fingerprint density at radius 2 is 2.17 bits per heavy atom. The van der Waals surface area contributed by atoms with Gasteiger partial charge in [0.15, 0.2) is 0 Å². The van der Waals surface area contributed by atoms with Crippen LogP contribution in [0.1, 0.15) is 5.69 Å². The van der Waals surface area contributed by atoms with Gasteiger partial charge >= 0.3 is 6.09 Å². The Morgan fingerprint density at radius 1 is 1.38 bits per heavy atom. The molecular weight excluding hydrogens is 488 g/mol. The molecule has 29 heavy (non-hydrogen) atoms. The van der Waals surface area contributed by atoms with E-state index in [0.717, 1.165) is 5.69 Å². The van der Waals surface area contributed by atoms with E-state index in [1.807, 2.05) is 4.40 Å². The molecule has 2 aromatic heterocycles. The molecule has 6 nitrogen and oxygen atoms in total. The largest absolute Gasteiger partial charge is 0.465 e. The first kappa shape index (κ1) is 20.4. The first-order valence-corrected chi connectivity index (χ1v) is 10.3. The summed E-state index contributed by atoms with van der Waals surface area (Å²) in [5, 5.41) is 10.1. The molecule has 1 amide bonds. The van der Waals surface area contributed by atoms with Gasteiger partial charge in [-0.2, -0.15) is 0 Å². The number of hydrogen-bond donors (Lipinski definition) is 1. The second-order valence-corrected chi connectivity index (χ2v) is 8.35. The lowest BCUT2D eigenvalue weighted by molar-refractivity contribution is -0.0214. The normalized spacial score (nSPS) is 17.1. The van der Waals surface area contributed by atoms with E-state index < -0.39 is 11.9 Å². The monoisotopic (exact) mass is 501 g/mol. The minimum absolute atomic E-state index is 0.234. The predicted octanol–water partition coefficient (Wildman–Crippen LogP) is 5.13. The number of carbonyl (C=O) groups is 1. The van der Waals surface area contributed by atoms with Crippen LogP contribution in [0.4, 0.5) is 9.18 Å². The summed E-state index contributed by atoms with van der Waals surface area (Å²) in [6.07, 6.45) is 0.787. The maximum atomic E-state index is 14.2. The van der Waals surface area contributed by atoms with Crippen molar-refractivity contribution in [3.05, 3.63) is 56.5 Å². The summed E-state index contributed by atoms with van der Waals surface area (Å²) in [4.78, 5) is 17.3. The molecule has 1 unspecified atom stereocenters. The van der Waals surface area contributed by atoms with E-state index in [2.05, 4.69) is 20.9 Å². The molecule has 0 bridgehead atoms. The maximum Gasteiger partial charge on any atom is 0.407 e. The Kier molecular flexibility index (Phi) is 5.70. The van der Waals surface area contributed by atoms with Crippen molar-refractivity contribution >= 4 is 50.9 Å². The first-order valence-electron chi connectivity index (χ1n) is 8.74. The lowest BCUT2D eigenvalue weighted by atomic mass is 10.0. The standard InChI is InChI=1S/C19H15BrCl2FN3O3/c20-13-8-14(22)12(7-15(13)23)18-16(26-2-1-10(21)5-17(26)24-18)6-11-9-25(19(27)28)3-4-29-11/h1-2,5,7-8,11H,3-4,6,9H2,(H,27,28). The van der Waals surface area contributed by atoms with Gasteiger partial charge in [0.1, 0.15) is 11.5 Å². The van der Waals surface area contributed by atoms with Crippen molar-refractivity contribution in [1.82, 2.24) is 14.3 Å². The Balaban J connectivity index is 1.81. The molecule has 1 aromatic carbocycles. The number of morpholine rings is 1. The van der Waals surface area contributed by atoms with E-state index >= 15 is 0 Å². The number of benzene rings is 1. The molecule has 0 spiro atoms. The quantitative estimate of drug-likeness (QED) is 0.504. The van der Waals surface area contributed by atoms with Gasteiger partial charge in [-0.1, -0.05) is 23.2 Å². The van der Waals surface area contributed by atoms with Crippen LogP contribution < -0.4 is 0 Å². The van der Waals surface area contributed by atoms with E-state index in [9.17, 15) is 14.3 Å². The van der Waals surface area contributed by atoms with Crippen LogP contribution in [-0.4, -0.2) is 51.3 Å². The highest BCUT2D eigenvalue weighted by Gasteiger charge is 2.27. The lowest BCUT2D eigenvalue weighted by Gasteiger charge is -2.31. The minimum atomic E-state index is -0.985. The Bertz CT molecular complexity index is 1110. The topological polar surface area (TPSA) is 67.1 Å². The molecule has 1 aliphatic rings. The van der Waals surface area contributed by atoms with Crippen LogP contribution in [-0.2, 0) is 11.2 Å². The van der Waals surface area contributed by atoms with Crippen LogP contribution in [0, 0.1) is 5.82 Å². The highest BCUT2D eigenvalue weighted by Crippen LogP contribution is 2.35. The van der Waals surface area contributed by atoms with Gasteiger partial charge in [0, 0.05) is 35.8 Å². The summed E-state index contributed by atoms with van der Waals surface area (Å²) < 4.78 is 22.1. The molecule has 10 heteroatoms. The van der Waals surface area contributed by atoms with Gasteiger partial charge < -0.3 is 19.1 Å². The van der Waals surface area contributed by atoms with Gasteiger partial charge in [-0.15, -0.1) is 0 Å². The average molecular weight is 503 g/mol. The highest BCUT2D eigenvalue weighted by molar-refractivity contribution is 9.10. The summed E-state index contributed by atoms with van der Waals surface area (Å²) in [5.41, 5.74) is 2.25. The first-order chi connectivity index (χ1) is 13.8. The number of nitrogens with zero attached hydrogens (tertiary/aromatic N) is 3. The van der Waals surface area contributed by atoms with Crippen LogP contribution in [0.3, 0.4) is 0 Å². The summed E-state index contributed by atoms with van der Waals surface area (Å²) in [6.45, 7) is 0.867. The van der Waals surface area contributed by atoms with Crippen LogP contribution in [0.25, 0.3) is 16.9 Å². The number of halogens is 4. The second-order valence-electron chi connectivity index (χ2n) is 6.65. The summed E-state index contributed by atoms with van der Waals surface area (Å²) in [7, 11) is 0. The maximum absolute atomic E-state index is 14.2. The van der Waals surface area contributed by atoms with E-state index in [1.165, 1.54) is 17.0 Å². The molecule has 3 aromatic rings. The average Bonchev–Trinajstić information content (AvgIpc) is 3.02. The number of pyridine rings is 1. The van der Waals surface area contributed by atoms with Crippen molar-refractivity contribution in [2.45, 2.75) is 12.5 Å². The number of ether oxygens (including phenoxy) is 1. The Morgan fingerprint density at radius 3 is 2.93 bits per heavy atom. The Hall–Kier alpha value is -1.87. The number of imidazole rings is 1. The lowest BCUT2D eigenvalue weighted by Crippen LogP contribution is -2.45. The van der Waals surface area contributed by atoms with Gasteiger partial charge in [0.2, 0.25) is 0 Å². The van der Waals surface area contributed by atoms with E-state index in [-0.39, 0.29) is 17.1 Å². The fourth-order valence-electron chi connectivity index (χ4n) is 3.42. The second kappa shape index (κ2) is 8.10. The van der Waals surface area contributed by atoms with Crippen LogP contribution in [0.5, 0.6) is 0 Å². The molecule has 3 heterocycles. The summed E-state index contributed by atoms with van der Waals surface area (Å²) in [6, 6.07) is 6.22. The zero-order valence-electron chi connectivity index (χ0n) is 14.9. The van der Waals surface area contributed by atoms with Gasteiger partial charge in [0.05, 0.1) is 40.1 Å². The predicted molar refractivity (Wildman–Crippen MR) is 111 cm³/mol. The number of aromatic nitrogens is 2. The number of fused-ring (bicyclic) bond motifs is 1. The molecule has 1 aliphatic heterocycles. The third kappa shape index (κ3) is 4.07. The fourth-order valence-corrected chi connectivity index (χ4v) is 4.30. The molecule has 1 fully saturated rings. The SMILES string of the molecule is O=C(O)N1CCOC(Cc2c(-c3cc(F)c(Br)cc3Cl)nc3cc(Cl)ccn23)C1. The van der Waals surface area contributed by atoms with E-state index in [0.29, 0.717) is 46.5 Å². The highest BCUT2D eigenvalue weighted by atomic mass is 79.9. The Labute approximate surface area is 183 Å². The fraction of sp³-hybridized carbons (Fsp3) is 0.263. The van der Waals surface area contributed by atoms with E-state index in [4.69, 9.17) is 27.9 Å². The number of hydrogen-bond acceptors (Lipinski definition) is 3. The van der Waals surface area contributed by atoms with Crippen molar-refractivity contribution in [2.75, 3.05) is 19.7 Å². The van der Waals surface area contributed by atoms with E-state index in [1.54, 1.807) is 18.3 Å². The van der Waals surface area contributed by atoms with Gasteiger partial charge in [0.25, 0.3) is 0 Å². The molecule has 1 atom stereocenters. The third-order valence-electron chi connectivity index (χ3n) is 4.78. The molecular formula is C19H15BrCl2FN3O3. The zero-order valence-corrected chi connectivity index (χ0v) is 18.0. The molecule has 1 saturated heterocycles. The smallest absolute Gasteiger partial charge is 0.407 e. The molecule has 4 rings (SSSR count). The van der Waals surface area contributed by atoms with Crippen molar-refractivity contribution in [2.24, 2.45) is 0 Å². The van der Waals surface area contributed by atoms with Crippen LogP contribution >= 0.6 is 39.1 Å². The van der Waals surface area contributed by atoms with Gasteiger partial charge in [-0.3, -0.25) is 0 Å². The van der Waals surface area contributed by atoms with Gasteiger partial charge in [-0.25, -0.2) is 14.2 Å². The molecule has 0 radical (unpaired) electrons. The molecule has 1 N–H and O–H groups in total. The van der Waals surface area contributed by atoms with Crippen molar-refractivity contribution < 1.29 is 19.0 Å². The molecule has 0 aliphatic carbocycles. The van der Waals surface area contributed by atoms with Crippen molar-refractivity contribution in [3.8, 4) is 11.3 Å². The third-order valence-corrected chi connectivity index (χ3v) is 5.94. The summed E-state index contributed by atoms with van der Waals surface area (Å²) >= 11 is 15.6. The van der Waals surface area contributed by atoms with Crippen LogP contribution in [0.2, 0.25) is 10.0 Å². The van der Waals surface area contributed by atoms with Crippen molar-refractivity contribution in [1.29, 1.82) is 0 Å². The van der Waals surface area contributed by atoms with Gasteiger partial charge in [-0.05, 0) is 34.1 Å². The van der Waals surface area contributed by atoms with Crippen LogP contribution in [0.15, 0.2) is 34.9 Å². The molecule has 0 saturated carbocycles. The number of amides is 1.